The summed E-state index contributed by atoms with van der Waals surface area (Å²) in [6.07, 6.45) is 10.5. The predicted molar refractivity (Wildman–Crippen MR) is 67.4 cm³/mol. The molecule has 2 heteroatoms. The van der Waals surface area contributed by atoms with Crippen LogP contribution in [0.15, 0.2) is 0 Å². The van der Waals surface area contributed by atoms with Crippen molar-refractivity contribution in [2.24, 2.45) is 11.3 Å². The van der Waals surface area contributed by atoms with Crippen LogP contribution >= 0.6 is 0 Å². The number of rotatable bonds is 4. The van der Waals surface area contributed by atoms with E-state index in [1.54, 1.807) is 0 Å². The average molecular weight is 225 g/mol. The van der Waals surface area contributed by atoms with Crippen molar-refractivity contribution in [1.82, 2.24) is 5.32 Å². The van der Waals surface area contributed by atoms with Gasteiger partial charge in [-0.3, -0.25) is 0 Å². The summed E-state index contributed by atoms with van der Waals surface area (Å²) in [6.45, 7) is 3.77. The van der Waals surface area contributed by atoms with E-state index in [0.29, 0.717) is 6.61 Å². The van der Waals surface area contributed by atoms with Crippen molar-refractivity contribution in [1.29, 1.82) is 0 Å². The molecule has 2 aliphatic carbocycles. The van der Waals surface area contributed by atoms with Crippen LogP contribution in [0.1, 0.15) is 58.3 Å². The van der Waals surface area contributed by atoms with Gasteiger partial charge in [0.25, 0.3) is 0 Å². The molecule has 16 heavy (non-hydrogen) atoms. The lowest BCUT2D eigenvalue weighted by Crippen LogP contribution is -2.42. The van der Waals surface area contributed by atoms with Crippen LogP contribution in [0.4, 0.5) is 0 Å². The third-order valence-electron chi connectivity index (χ3n) is 4.71. The number of hydrogen-bond acceptors (Lipinski definition) is 2. The molecule has 2 saturated carbocycles. The molecule has 2 aliphatic rings. The first-order chi connectivity index (χ1) is 7.74. The molecule has 0 bridgehead atoms. The summed E-state index contributed by atoms with van der Waals surface area (Å²) >= 11 is 0. The molecular weight excluding hydrogens is 198 g/mol. The normalized spacial score (nSPS) is 34.1. The van der Waals surface area contributed by atoms with Gasteiger partial charge in [-0.1, -0.05) is 26.2 Å². The van der Waals surface area contributed by atoms with Crippen molar-refractivity contribution >= 4 is 0 Å². The summed E-state index contributed by atoms with van der Waals surface area (Å²) in [5, 5.41) is 13.3. The zero-order valence-electron chi connectivity index (χ0n) is 10.7. The SMILES string of the molecule is CC1CCC(NCC2(CO)CCCCC2)C1. The second-order valence-corrected chi connectivity index (χ2v) is 6.21. The first-order valence-electron chi connectivity index (χ1n) is 7.08. The Morgan fingerprint density at radius 2 is 1.94 bits per heavy atom. The maximum atomic E-state index is 9.63. The molecule has 2 nitrogen and oxygen atoms in total. The minimum absolute atomic E-state index is 0.212. The average Bonchev–Trinajstić information content (AvgIpc) is 2.74. The van der Waals surface area contributed by atoms with Crippen LogP contribution < -0.4 is 5.32 Å². The first-order valence-corrected chi connectivity index (χ1v) is 7.08. The van der Waals surface area contributed by atoms with Gasteiger partial charge in [0.2, 0.25) is 0 Å². The molecule has 2 rings (SSSR count). The van der Waals surface area contributed by atoms with E-state index in [4.69, 9.17) is 0 Å². The van der Waals surface area contributed by atoms with E-state index in [0.717, 1.165) is 18.5 Å². The number of aliphatic hydroxyl groups excluding tert-OH is 1. The van der Waals surface area contributed by atoms with Crippen molar-refractivity contribution < 1.29 is 5.11 Å². The van der Waals surface area contributed by atoms with E-state index in [2.05, 4.69) is 12.2 Å². The molecule has 94 valence electrons. The van der Waals surface area contributed by atoms with Gasteiger partial charge in [0.15, 0.2) is 0 Å². The van der Waals surface area contributed by atoms with Gasteiger partial charge in [0, 0.05) is 24.6 Å². The number of nitrogens with one attached hydrogen (secondary N) is 1. The largest absolute Gasteiger partial charge is 0.396 e. The van der Waals surface area contributed by atoms with Crippen LogP contribution in [0.25, 0.3) is 0 Å². The molecule has 2 N–H and O–H groups in total. The van der Waals surface area contributed by atoms with Crippen molar-refractivity contribution in [3.63, 3.8) is 0 Å². The van der Waals surface area contributed by atoms with Gasteiger partial charge in [-0.25, -0.2) is 0 Å². The number of hydrogen-bond donors (Lipinski definition) is 2. The summed E-state index contributed by atoms with van der Waals surface area (Å²) in [6, 6.07) is 0.723. The third kappa shape index (κ3) is 2.98. The Labute approximate surface area is 99.8 Å². The summed E-state index contributed by atoms with van der Waals surface area (Å²) in [7, 11) is 0. The smallest absolute Gasteiger partial charge is 0.0499 e. The van der Waals surface area contributed by atoms with Crippen LogP contribution in [0.5, 0.6) is 0 Å². The predicted octanol–water partition coefficient (Wildman–Crippen LogP) is 2.71. The molecule has 0 aromatic heterocycles. The fourth-order valence-corrected chi connectivity index (χ4v) is 3.45. The summed E-state index contributed by atoms with van der Waals surface area (Å²) in [5.74, 6) is 0.897. The molecule has 0 amide bonds. The van der Waals surface area contributed by atoms with Gasteiger partial charge in [-0.15, -0.1) is 0 Å². The van der Waals surface area contributed by atoms with Crippen molar-refractivity contribution in [3.05, 3.63) is 0 Å². The van der Waals surface area contributed by atoms with Gasteiger partial charge in [-0.2, -0.15) is 0 Å². The van der Waals surface area contributed by atoms with Crippen LogP contribution in [0.2, 0.25) is 0 Å². The minimum Gasteiger partial charge on any atom is -0.396 e. The van der Waals surface area contributed by atoms with E-state index in [1.165, 1.54) is 51.4 Å². The Bertz CT molecular complexity index is 211. The Hall–Kier alpha value is -0.0800. The standard InChI is InChI=1S/C14H27NO/c1-12-5-6-13(9-12)15-10-14(11-16)7-3-2-4-8-14/h12-13,15-16H,2-11H2,1H3. The lowest BCUT2D eigenvalue weighted by Gasteiger charge is -2.36. The summed E-state index contributed by atoms with van der Waals surface area (Å²) < 4.78 is 0. The maximum absolute atomic E-state index is 9.63. The summed E-state index contributed by atoms with van der Waals surface area (Å²) in [4.78, 5) is 0. The lowest BCUT2D eigenvalue weighted by atomic mass is 9.74. The second-order valence-electron chi connectivity index (χ2n) is 6.21. The topological polar surface area (TPSA) is 32.3 Å². The second kappa shape index (κ2) is 5.50. The van der Waals surface area contributed by atoms with Crippen LogP contribution in [0, 0.1) is 11.3 Å². The highest BCUT2D eigenvalue weighted by Gasteiger charge is 2.32. The van der Waals surface area contributed by atoms with Crippen LogP contribution in [-0.2, 0) is 0 Å². The van der Waals surface area contributed by atoms with E-state index in [9.17, 15) is 5.11 Å². The van der Waals surface area contributed by atoms with Crippen molar-refractivity contribution in [2.45, 2.75) is 64.3 Å². The molecule has 0 aromatic carbocycles. The molecule has 0 radical (unpaired) electrons. The number of aliphatic hydroxyl groups is 1. The van der Waals surface area contributed by atoms with E-state index < -0.39 is 0 Å². The van der Waals surface area contributed by atoms with Crippen LogP contribution in [-0.4, -0.2) is 24.3 Å². The molecule has 0 heterocycles. The van der Waals surface area contributed by atoms with Crippen molar-refractivity contribution in [2.75, 3.05) is 13.2 Å². The maximum Gasteiger partial charge on any atom is 0.0499 e. The zero-order valence-corrected chi connectivity index (χ0v) is 10.7. The molecule has 2 fully saturated rings. The molecule has 0 aromatic rings. The Morgan fingerprint density at radius 1 is 1.19 bits per heavy atom. The van der Waals surface area contributed by atoms with E-state index in [1.807, 2.05) is 0 Å². The highest BCUT2D eigenvalue weighted by Crippen LogP contribution is 2.36. The molecule has 2 atom stereocenters. The third-order valence-corrected chi connectivity index (χ3v) is 4.71. The fourth-order valence-electron chi connectivity index (χ4n) is 3.45. The highest BCUT2D eigenvalue weighted by molar-refractivity contribution is 4.87. The van der Waals surface area contributed by atoms with Gasteiger partial charge in [-0.05, 0) is 38.0 Å². The summed E-state index contributed by atoms with van der Waals surface area (Å²) in [5.41, 5.74) is 0.212. The molecule has 0 aliphatic heterocycles. The fraction of sp³-hybridized carbons (Fsp3) is 1.00. The van der Waals surface area contributed by atoms with Gasteiger partial charge >= 0.3 is 0 Å². The highest BCUT2D eigenvalue weighted by atomic mass is 16.3. The van der Waals surface area contributed by atoms with Gasteiger partial charge in [0.05, 0.1) is 0 Å². The Morgan fingerprint density at radius 3 is 2.50 bits per heavy atom. The van der Waals surface area contributed by atoms with Crippen molar-refractivity contribution in [3.8, 4) is 0 Å². The minimum atomic E-state index is 0.212. The monoisotopic (exact) mass is 225 g/mol. The van der Waals surface area contributed by atoms with E-state index in [-0.39, 0.29) is 5.41 Å². The Balaban J connectivity index is 1.78. The molecule has 0 saturated heterocycles. The Kier molecular flexibility index (Phi) is 4.26. The zero-order chi connectivity index (χ0) is 11.4. The van der Waals surface area contributed by atoms with Crippen LogP contribution in [0.3, 0.4) is 0 Å². The quantitative estimate of drug-likeness (QED) is 0.771. The van der Waals surface area contributed by atoms with Gasteiger partial charge in [0.1, 0.15) is 0 Å². The molecule has 0 spiro atoms. The van der Waals surface area contributed by atoms with Gasteiger partial charge < -0.3 is 10.4 Å². The molecular formula is C14H27NO. The van der Waals surface area contributed by atoms with E-state index >= 15 is 0 Å². The lowest BCUT2D eigenvalue weighted by molar-refractivity contribution is 0.0784. The first kappa shape index (κ1) is 12.4. The molecule has 2 unspecified atom stereocenters.